The highest BCUT2D eigenvalue weighted by Crippen LogP contribution is 2.48. The second-order valence-corrected chi connectivity index (χ2v) is 7.05. The molecule has 3 rings (SSSR count). The van der Waals surface area contributed by atoms with E-state index in [1.165, 1.54) is 38.5 Å². The van der Waals surface area contributed by atoms with Crippen molar-refractivity contribution < 1.29 is 4.79 Å². The number of nitrogens with one attached hydrogen (secondary N) is 1. The van der Waals surface area contributed by atoms with Gasteiger partial charge in [0.25, 0.3) is 0 Å². The molecule has 0 aromatic rings. The van der Waals surface area contributed by atoms with Crippen LogP contribution in [0.5, 0.6) is 0 Å². The third kappa shape index (κ3) is 2.22. The van der Waals surface area contributed by atoms with E-state index < -0.39 is 0 Å². The van der Waals surface area contributed by atoms with Crippen molar-refractivity contribution in [1.29, 1.82) is 0 Å². The van der Waals surface area contributed by atoms with Gasteiger partial charge >= 0.3 is 0 Å². The van der Waals surface area contributed by atoms with Crippen molar-refractivity contribution in [2.24, 2.45) is 5.92 Å². The van der Waals surface area contributed by atoms with Crippen molar-refractivity contribution in [3.63, 3.8) is 0 Å². The normalized spacial score (nSPS) is 32.4. The molecule has 0 aromatic heterocycles. The van der Waals surface area contributed by atoms with Crippen LogP contribution in [0.15, 0.2) is 0 Å². The summed E-state index contributed by atoms with van der Waals surface area (Å²) in [7, 11) is 0. The molecule has 4 heteroatoms. The van der Waals surface area contributed by atoms with Gasteiger partial charge in [0.15, 0.2) is 0 Å². The van der Waals surface area contributed by atoms with Crippen molar-refractivity contribution in [2.75, 3.05) is 19.3 Å². The minimum Gasteiger partial charge on any atom is -0.324 e. The summed E-state index contributed by atoms with van der Waals surface area (Å²) in [4.78, 5) is 14.2. The fraction of sp³-hybridized carbons (Fsp3) is 0.923. The molecule has 1 aliphatic heterocycles. The molecule has 3 aliphatic rings. The number of hydrogen-bond donors (Lipinski definition) is 1. The van der Waals surface area contributed by atoms with Gasteiger partial charge in [-0.25, -0.2) is 0 Å². The zero-order valence-electron chi connectivity index (χ0n) is 10.6. The highest BCUT2D eigenvalue weighted by atomic mass is 32.2. The zero-order valence-corrected chi connectivity index (χ0v) is 11.4. The van der Waals surface area contributed by atoms with E-state index in [0.717, 1.165) is 6.54 Å². The number of carbonyl (C=O) groups is 1. The molecule has 1 unspecified atom stereocenters. The second-order valence-electron chi connectivity index (χ2n) is 5.78. The largest absolute Gasteiger partial charge is 0.324 e. The van der Waals surface area contributed by atoms with Crippen LogP contribution in [-0.2, 0) is 4.79 Å². The third-order valence-corrected chi connectivity index (χ3v) is 6.07. The van der Waals surface area contributed by atoms with Crippen molar-refractivity contribution in [3.8, 4) is 0 Å². The number of carbonyl (C=O) groups excluding carboxylic acids is 1. The standard InChI is InChI=1S/C13H22N2OS/c1-17-13(6-7-13)9-15-11(16)8-14-12(15)10-4-2-3-5-10/h10,12,14H,2-9H2,1H3. The van der Waals surface area contributed by atoms with E-state index in [1.807, 2.05) is 11.8 Å². The van der Waals surface area contributed by atoms with Crippen LogP contribution >= 0.6 is 11.8 Å². The molecule has 3 fully saturated rings. The van der Waals surface area contributed by atoms with Crippen LogP contribution in [0.1, 0.15) is 38.5 Å². The van der Waals surface area contributed by atoms with E-state index in [0.29, 0.717) is 29.3 Å². The molecular formula is C13H22N2OS. The molecule has 0 bridgehead atoms. The van der Waals surface area contributed by atoms with Gasteiger partial charge < -0.3 is 4.90 Å². The van der Waals surface area contributed by atoms with Gasteiger partial charge in [-0.2, -0.15) is 11.8 Å². The Morgan fingerprint density at radius 3 is 2.71 bits per heavy atom. The first-order valence-electron chi connectivity index (χ1n) is 6.82. The van der Waals surface area contributed by atoms with E-state index in [4.69, 9.17) is 0 Å². The summed E-state index contributed by atoms with van der Waals surface area (Å²) < 4.78 is 0.401. The van der Waals surface area contributed by atoms with Crippen LogP contribution in [-0.4, -0.2) is 41.1 Å². The molecule has 0 radical (unpaired) electrons. The molecule has 2 saturated carbocycles. The molecule has 17 heavy (non-hydrogen) atoms. The Kier molecular flexibility index (Phi) is 3.11. The smallest absolute Gasteiger partial charge is 0.237 e. The molecular weight excluding hydrogens is 232 g/mol. The van der Waals surface area contributed by atoms with Crippen LogP contribution in [0.4, 0.5) is 0 Å². The fourth-order valence-electron chi connectivity index (χ4n) is 3.32. The van der Waals surface area contributed by atoms with Gasteiger partial charge in [0.2, 0.25) is 5.91 Å². The fourth-order valence-corrected chi connectivity index (χ4v) is 4.09. The van der Waals surface area contributed by atoms with Crippen molar-refractivity contribution in [2.45, 2.75) is 49.4 Å². The minimum absolute atomic E-state index is 0.322. The van der Waals surface area contributed by atoms with Crippen LogP contribution < -0.4 is 5.32 Å². The third-order valence-electron chi connectivity index (χ3n) is 4.66. The van der Waals surface area contributed by atoms with Gasteiger partial charge in [-0.05, 0) is 37.9 Å². The van der Waals surface area contributed by atoms with Gasteiger partial charge in [0.1, 0.15) is 0 Å². The summed E-state index contributed by atoms with van der Waals surface area (Å²) >= 11 is 1.95. The van der Waals surface area contributed by atoms with Gasteiger partial charge in [-0.15, -0.1) is 0 Å². The number of amides is 1. The highest BCUT2D eigenvalue weighted by Gasteiger charge is 2.48. The molecule has 1 amide bonds. The van der Waals surface area contributed by atoms with Gasteiger partial charge in [0.05, 0.1) is 12.7 Å². The maximum atomic E-state index is 12.0. The Balaban J connectivity index is 1.68. The molecule has 96 valence electrons. The lowest BCUT2D eigenvalue weighted by Gasteiger charge is -2.31. The zero-order chi connectivity index (χ0) is 11.9. The second kappa shape index (κ2) is 4.47. The van der Waals surface area contributed by atoms with Crippen molar-refractivity contribution in [3.05, 3.63) is 0 Å². The van der Waals surface area contributed by atoms with E-state index in [-0.39, 0.29) is 0 Å². The van der Waals surface area contributed by atoms with Crippen LogP contribution in [0.2, 0.25) is 0 Å². The summed E-state index contributed by atoms with van der Waals surface area (Å²) in [6.45, 7) is 1.53. The Labute approximate surface area is 108 Å². The Bertz CT molecular complexity index is 311. The Morgan fingerprint density at radius 2 is 2.12 bits per heavy atom. The number of nitrogens with zero attached hydrogens (tertiary/aromatic N) is 1. The lowest BCUT2D eigenvalue weighted by Crippen LogP contribution is -2.45. The van der Waals surface area contributed by atoms with E-state index in [1.54, 1.807) is 0 Å². The maximum absolute atomic E-state index is 12.0. The summed E-state index contributed by atoms with van der Waals surface area (Å²) in [5, 5.41) is 3.44. The SMILES string of the molecule is CSC1(CN2C(=O)CNC2C2CCCC2)CC1. The lowest BCUT2D eigenvalue weighted by molar-refractivity contribution is -0.128. The summed E-state index contributed by atoms with van der Waals surface area (Å²) in [6.07, 6.45) is 10.4. The summed E-state index contributed by atoms with van der Waals surface area (Å²) in [6, 6.07) is 0. The first-order chi connectivity index (χ1) is 8.24. The molecule has 1 saturated heterocycles. The van der Waals surface area contributed by atoms with Crippen molar-refractivity contribution in [1.82, 2.24) is 10.2 Å². The molecule has 0 spiro atoms. The highest BCUT2D eigenvalue weighted by molar-refractivity contribution is 8.00. The number of rotatable bonds is 4. The summed E-state index contributed by atoms with van der Waals surface area (Å²) in [5.41, 5.74) is 0. The molecule has 0 aromatic carbocycles. The van der Waals surface area contributed by atoms with Crippen LogP contribution in [0, 0.1) is 5.92 Å². The van der Waals surface area contributed by atoms with Crippen molar-refractivity contribution >= 4 is 17.7 Å². The van der Waals surface area contributed by atoms with Crippen LogP contribution in [0.3, 0.4) is 0 Å². The number of thioether (sulfide) groups is 1. The molecule has 1 N–H and O–H groups in total. The molecule has 1 atom stereocenters. The average Bonchev–Trinajstić information content (AvgIpc) is 2.73. The van der Waals surface area contributed by atoms with E-state index in [9.17, 15) is 4.79 Å². The predicted molar refractivity (Wildman–Crippen MR) is 70.9 cm³/mol. The quantitative estimate of drug-likeness (QED) is 0.831. The summed E-state index contributed by atoms with van der Waals surface area (Å²) in [5.74, 6) is 1.03. The molecule has 3 nitrogen and oxygen atoms in total. The van der Waals surface area contributed by atoms with Gasteiger partial charge in [-0.3, -0.25) is 10.1 Å². The Hall–Kier alpha value is -0.220. The van der Waals surface area contributed by atoms with Crippen LogP contribution in [0.25, 0.3) is 0 Å². The lowest BCUT2D eigenvalue weighted by atomic mass is 10.0. The van der Waals surface area contributed by atoms with Gasteiger partial charge in [-0.1, -0.05) is 12.8 Å². The Morgan fingerprint density at radius 1 is 1.41 bits per heavy atom. The van der Waals surface area contributed by atoms with Gasteiger partial charge in [0, 0.05) is 11.3 Å². The first kappa shape index (κ1) is 11.8. The monoisotopic (exact) mass is 254 g/mol. The topological polar surface area (TPSA) is 32.3 Å². The maximum Gasteiger partial charge on any atom is 0.237 e. The molecule has 2 aliphatic carbocycles. The first-order valence-corrected chi connectivity index (χ1v) is 8.05. The average molecular weight is 254 g/mol. The number of hydrogen-bond acceptors (Lipinski definition) is 3. The van der Waals surface area contributed by atoms with E-state index in [2.05, 4.69) is 16.5 Å². The molecule has 1 heterocycles. The minimum atomic E-state index is 0.322. The predicted octanol–water partition coefficient (Wildman–Crippen LogP) is 1.83. The van der Waals surface area contributed by atoms with E-state index >= 15 is 0 Å².